The van der Waals surface area contributed by atoms with Gasteiger partial charge < -0.3 is 5.32 Å². The van der Waals surface area contributed by atoms with Crippen molar-refractivity contribution in [3.63, 3.8) is 0 Å². The maximum absolute atomic E-state index is 14.5. The second-order valence-corrected chi connectivity index (χ2v) is 9.24. The van der Waals surface area contributed by atoms with Gasteiger partial charge in [-0.25, -0.2) is 9.38 Å². The van der Waals surface area contributed by atoms with Crippen LogP contribution in [0.15, 0.2) is 53.2 Å². The van der Waals surface area contributed by atoms with Crippen LogP contribution < -0.4 is 10.2 Å². The van der Waals surface area contributed by atoms with E-state index >= 15 is 0 Å². The van der Waals surface area contributed by atoms with Gasteiger partial charge in [-0.3, -0.25) is 14.5 Å². The minimum Gasteiger partial charge on any atom is -0.353 e. The van der Waals surface area contributed by atoms with Gasteiger partial charge in [-0.1, -0.05) is 53.2 Å². The number of amidine groups is 1. The topological polar surface area (TPSA) is 61.8 Å². The third kappa shape index (κ3) is 5.47. The Morgan fingerprint density at radius 3 is 2.52 bits per heavy atom. The molecule has 0 bridgehead atoms. The highest BCUT2D eigenvalue weighted by molar-refractivity contribution is 8.15. The second-order valence-electron chi connectivity index (χ2n) is 7.11. The number of aliphatic imine (C=N–C) groups is 1. The molecule has 0 saturated carbocycles. The lowest BCUT2D eigenvalue weighted by atomic mass is 10.2. The molecule has 162 valence electrons. The van der Waals surface area contributed by atoms with Crippen LogP contribution in [0.5, 0.6) is 0 Å². The Morgan fingerprint density at radius 1 is 1.16 bits per heavy atom. The molecular formula is C22H20Cl2FN3O2S. The van der Waals surface area contributed by atoms with E-state index in [-0.39, 0.29) is 28.5 Å². The molecule has 0 aromatic heterocycles. The van der Waals surface area contributed by atoms with Crippen molar-refractivity contribution in [1.29, 1.82) is 0 Å². The summed E-state index contributed by atoms with van der Waals surface area (Å²) in [5.74, 6) is -1.28. The lowest BCUT2D eigenvalue weighted by Gasteiger charge is -2.21. The number of para-hydroxylation sites is 1. The van der Waals surface area contributed by atoms with Crippen LogP contribution in [0.4, 0.5) is 10.1 Å². The first-order valence-electron chi connectivity index (χ1n) is 9.49. The molecule has 9 heteroatoms. The maximum Gasteiger partial charge on any atom is 0.283 e. The van der Waals surface area contributed by atoms with E-state index < -0.39 is 17.0 Å². The van der Waals surface area contributed by atoms with Crippen LogP contribution in [0.3, 0.4) is 0 Å². The van der Waals surface area contributed by atoms with Crippen LogP contribution in [-0.4, -0.2) is 28.3 Å². The first-order chi connectivity index (χ1) is 14.7. The predicted octanol–water partition coefficient (Wildman–Crippen LogP) is 5.52. The highest BCUT2D eigenvalue weighted by atomic mass is 35.5. The zero-order chi connectivity index (χ0) is 22.7. The van der Waals surface area contributed by atoms with Gasteiger partial charge in [0.05, 0.1) is 21.0 Å². The number of nitrogens with zero attached hydrogens (tertiary/aromatic N) is 2. The Kier molecular flexibility index (Phi) is 7.41. The summed E-state index contributed by atoms with van der Waals surface area (Å²) in [6.45, 7) is 5.42. The molecular weight excluding hydrogens is 460 g/mol. The highest BCUT2D eigenvalue weighted by Crippen LogP contribution is 2.33. The standard InChI is InChI=1S/C22H20Cl2FN3O2S/c1-12(2)26-20(29)13(3)31-22-27-18(11-14-8-9-15(23)16(24)10-14)21(30)28(22)19-7-5-4-6-17(19)25/h4-13H,1-3H3,(H,26,29)/b18-11-. The fourth-order valence-corrected chi connectivity index (χ4v) is 4.03. The van der Waals surface area contributed by atoms with Crippen LogP contribution in [0.1, 0.15) is 26.3 Å². The van der Waals surface area contributed by atoms with Crippen molar-refractivity contribution in [2.24, 2.45) is 4.99 Å². The van der Waals surface area contributed by atoms with E-state index in [0.29, 0.717) is 15.6 Å². The molecule has 2 amide bonds. The Balaban J connectivity index is 1.99. The van der Waals surface area contributed by atoms with E-state index in [0.717, 1.165) is 11.8 Å². The van der Waals surface area contributed by atoms with Gasteiger partial charge in [-0.05, 0) is 56.7 Å². The van der Waals surface area contributed by atoms with Crippen molar-refractivity contribution in [1.82, 2.24) is 5.32 Å². The summed E-state index contributed by atoms with van der Waals surface area (Å²) in [7, 11) is 0. The molecule has 1 N–H and O–H groups in total. The zero-order valence-corrected chi connectivity index (χ0v) is 19.4. The summed E-state index contributed by atoms with van der Waals surface area (Å²) in [5.41, 5.74) is 0.778. The van der Waals surface area contributed by atoms with Gasteiger partial charge in [-0.2, -0.15) is 0 Å². The average Bonchev–Trinajstić information content (AvgIpc) is 2.99. The Hall–Kier alpha value is -2.35. The molecule has 5 nitrogen and oxygen atoms in total. The Bertz CT molecular complexity index is 1090. The predicted molar refractivity (Wildman–Crippen MR) is 126 cm³/mol. The smallest absolute Gasteiger partial charge is 0.283 e. The quantitative estimate of drug-likeness (QED) is 0.573. The van der Waals surface area contributed by atoms with Crippen molar-refractivity contribution in [3.8, 4) is 0 Å². The highest BCUT2D eigenvalue weighted by Gasteiger charge is 2.35. The molecule has 0 aliphatic carbocycles. The number of halogens is 3. The molecule has 0 fully saturated rings. The van der Waals surface area contributed by atoms with Crippen LogP contribution in [0, 0.1) is 5.82 Å². The summed E-state index contributed by atoms with van der Waals surface area (Å²) < 4.78 is 14.5. The molecule has 1 unspecified atom stereocenters. The molecule has 0 saturated heterocycles. The summed E-state index contributed by atoms with van der Waals surface area (Å²) in [5, 5.41) is 3.22. The summed E-state index contributed by atoms with van der Waals surface area (Å²) in [6.07, 6.45) is 1.55. The average molecular weight is 480 g/mol. The minimum absolute atomic E-state index is 0.0320. The van der Waals surface area contributed by atoms with Crippen LogP contribution >= 0.6 is 35.0 Å². The normalized spacial score (nSPS) is 16.1. The lowest BCUT2D eigenvalue weighted by Crippen LogP contribution is -2.38. The number of carbonyl (C=O) groups is 2. The van der Waals surface area contributed by atoms with Crippen LogP contribution in [0.2, 0.25) is 10.0 Å². The van der Waals surface area contributed by atoms with Gasteiger partial charge >= 0.3 is 0 Å². The molecule has 1 aliphatic heterocycles. The Labute approximate surface area is 194 Å². The third-order valence-electron chi connectivity index (χ3n) is 4.25. The summed E-state index contributed by atoms with van der Waals surface area (Å²) >= 11 is 13.1. The fraction of sp³-hybridized carbons (Fsp3) is 0.227. The number of amides is 2. The van der Waals surface area contributed by atoms with E-state index in [1.165, 1.54) is 23.1 Å². The first kappa shape index (κ1) is 23.3. The number of hydrogen-bond acceptors (Lipinski definition) is 4. The molecule has 2 aromatic rings. The van der Waals surface area contributed by atoms with Gasteiger partial charge in [0.15, 0.2) is 5.17 Å². The maximum atomic E-state index is 14.5. The SMILES string of the molecule is CC(C)NC(=O)C(C)SC1=N/C(=C\c2ccc(Cl)c(Cl)c2)C(=O)N1c1ccccc1F. The lowest BCUT2D eigenvalue weighted by molar-refractivity contribution is -0.120. The first-order valence-corrected chi connectivity index (χ1v) is 11.1. The molecule has 2 aromatic carbocycles. The molecule has 1 heterocycles. The molecule has 1 atom stereocenters. The third-order valence-corrected chi connectivity index (χ3v) is 6.04. The van der Waals surface area contributed by atoms with Crippen LogP contribution in [-0.2, 0) is 9.59 Å². The number of carbonyl (C=O) groups excluding carboxylic acids is 2. The number of nitrogens with one attached hydrogen (secondary N) is 1. The summed E-state index contributed by atoms with van der Waals surface area (Å²) in [4.78, 5) is 31.1. The van der Waals surface area contributed by atoms with Crippen molar-refractivity contribution in [3.05, 3.63) is 69.6 Å². The van der Waals surface area contributed by atoms with E-state index in [2.05, 4.69) is 10.3 Å². The van der Waals surface area contributed by atoms with Crippen molar-refractivity contribution in [2.45, 2.75) is 32.1 Å². The number of hydrogen-bond donors (Lipinski definition) is 1. The largest absolute Gasteiger partial charge is 0.353 e. The van der Waals surface area contributed by atoms with E-state index in [4.69, 9.17) is 23.2 Å². The number of anilines is 1. The molecule has 0 spiro atoms. The van der Waals surface area contributed by atoms with Gasteiger partial charge in [0.25, 0.3) is 5.91 Å². The fourth-order valence-electron chi connectivity index (χ4n) is 2.79. The molecule has 1 aliphatic rings. The van der Waals surface area contributed by atoms with Crippen molar-refractivity contribution in [2.75, 3.05) is 4.90 Å². The van der Waals surface area contributed by atoms with E-state index in [1.807, 2.05) is 13.8 Å². The summed E-state index contributed by atoms with van der Waals surface area (Å²) in [6, 6.07) is 10.8. The van der Waals surface area contributed by atoms with E-state index in [9.17, 15) is 14.0 Å². The monoisotopic (exact) mass is 479 g/mol. The number of benzene rings is 2. The Morgan fingerprint density at radius 2 is 1.87 bits per heavy atom. The molecule has 31 heavy (non-hydrogen) atoms. The van der Waals surface area contributed by atoms with Gasteiger partial charge in [-0.15, -0.1) is 0 Å². The van der Waals surface area contributed by atoms with Crippen molar-refractivity contribution < 1.29 is 14.0 Å². The number of rotatable bonds is 5. The van der Waals surface area contributed by atoms with Crippen LogP contribution in [0.25, 0.3) is 6.08 Å². The minimum atomic E-state index is -0.570. The van der Waals surface area contributed by atoms with Gasteiger partial charge in [0, 0.05) is 6.04 Å². The van der Waals surface area contributed by atoms with Gasteiger partial charge in [0.2, 0.25) is 5.91 Å². The number of thioether (sulfide) groups is 1. The second kappa shape index (κ2) is 9.85. The molecule has 3 rings (SSSR count). The van der Waals surface area contributed by atoms with E-state index in [1.54, 1.807) is 37.3 Å². The van der Waals surface area contributed by atoms with Crippen molar-refractivity contribution >= 4 is 63.7 Å². The molecule has 0 radical (unpaired) electrons. The van der Waals surface area contributed by atoms with Gasteiger partial charge in [0.1, 0.15) is 11.5 Å². The zero-order valence-electron chi connectivity index (χ0n) is 17.0.